The van der Waals surface area contributed by atoms with E-state index >= 15 is 0 Å². The molecule has 1 N–H and O–H groups in total. The third-order valence-electron chi connectivity index (χ3n) is 8.99. The molecular weight excluding hydrogens is 552 g/mol. The number of methoxy groups -OCH3 is 1. The quantitative estimate of drug-likeness (QED) is 0.251. The van der Waals surface area contributed by atoms with Gasteiger partial charge in [-0.25, -0.2) is 0 Å². The molecule has 7 rings (SSSR count). The van der Waals surface area contributed by atoms with Crippen LogP contribution in [0, 0.1) is 5.92 Å². The second-order valence-corrected chi connectivity index (χ2v) is 11.7. The lowest BCUT2D eigenvalue weighted by Crippen LogP contribution is -2.49. The third-order valence-corrected chi connectivity index (χ3v) is 8.99. The molecule has 0 aliphatic carbocycles. The summed E-state index contributed by atoms with van der Waals surface area (Å²) in [6.07, 6.45) is 3.80. The number of hydrogen-bond donors (Lipinski definition) is 1. The third kappa shape index (κ3) is 4.07. The molecule has 220 valence electrons. The van der Waals surface area contributed by atoms with Crippen molar-refractivity contribution in [3.8, 4) is 11.5 Å². The Balaban J connectivity index is 1.48. The second kappa shape index (κ2) is 10.5. The van der Waals surface area contributed by atoms with E-state index in [1.54, 1.807) is 55.6 Å². The van der Waals surface area contributed by atoms with E-state index in [4.69, 9.17) is 9.47 Å². The number of nitrogens with zero attached hydrogens (tertiary/aromatic N) is 1. The van der Waals surface area contributed by atoms with E-state index < -0.39 is 23.4 Å². The lowest BCUT2D eigenvalue weighted by molar-refractivity contribution is -0.122. The minimum atomic E-state index is -1.39. The van der Waals surface area contributed by atoms with Crippen molar-refractivity contribution in [3.63, 3.8) is 0 Å². The first-order chi connectivity index (χ1) is 21.3. The van der Waals surface area contributed by atoms with E-state index in [1.165, 1.54) is 0 Å². The van der Waals surface area contributed by atoms with Crippen molar-refractivity contribution in [1.29, 1.82) is 0 Å². The molecule has 0 aromatic heterocycles. The van der Waals surface area contributed by atoms with Gasteiger partial charge in [-0.2, -0.15) is 0 Å². The first-order valence-corrected chi connectivity index (χ1v) is 14.8. The number of hydrogen-bond acceptors (Lipinski definition) is 6. The Labute approximate surface area is 256 Å². The Kier molecular flexibility index (Phi) is 6.61. The van der Waals surface area contributed by atoms with Crippen molar-refractivity contribution < 1.29 is 23.9 Å². The van der Waals surface area contributed by atoms with Gasteiger partial charge in [-0.05, 0) is 79.1 Å². The number of carbonyl (C=O) groups is 3. The normalized spacial score (nSPS) is 22.8. The average molecular weight is 585 g/mol. The first-order valence-electron chi connectivity index (χ1n) is 14.8. The van der Waals surface area contributed by atoms with Crippen LogP contribution in [0.4, 0.5) is 5.69 Å². The second-order valence-electron chi connectivity index (χ2n) is 11.7. The molecule has 1 amide bonds. The van der Waals surface area contributed by atoms with E-state index in [0.29, 0.717) is 33.9 Å². The van der Waals surface area contributed by atoms with Crippen LogP contribution in [0.15, 0.2) is 103 Å². The number of nitrogens with one attached hydrogen (secondary N) is 1. The maximum Gasteiger partial charge on any atom is 0.238 e. The molecule has 0 radical (unpaired) electrons. The van der Waals surface area contributed by atoms with Gasteiger partial charge in [0.05, 0.1) is 25.2 Å². The minimum absolute atomic E-state index is 0.0269. The van der Waals surface area contributed by atoms with Crippen LogP contribution in [0.3, 0.4) is 0 Å². The van der Waals surface area contributed by atoms with E-state index in [9.17, 15) is 14.4 Å². The summed E-state index contributed by atoms with van der Waals surface area (Å²) in [5.41, 5.74) is 2.62. The van der Waals surface area contributed by atoms with E-state index in [2.05, 4.69) is 5.32 Å². The molecule has 44 heavy (non-hydrogen) atoms. The average Bonchev–Trinajstić information content (AvgIpc) is 3.52. The van der Waals surface area contributed by atoms with Crippen molar-refractivity contribution in [2.45, 2.75) is 37.5 Å². The zero-order valence-corrected chi connectivity index (χ0v) is 24.7. The molecule has 1 saturated heterocycles. The van der Waals surface area contributed by atoms with Crippen molar-refractivity contribution >= 4 is 29.2 Å². The van der Waals surface area contributed by atoms with Gasteiger partial charge in [0.1, 0.15) is 23.0 Å². The van der Waals surface area contributed by atoms with Crippen LogP contribution < -0.4 is 14.8 Å². The topological polar surface area (TPSA) is 84.9 Å². The van der Waals surface area contributed by atoms with Gasteiger partial charge in [0.15, 0.2) is 11.6 Å². The van der Waals surface area contributed by atoms with Crippen LogP contribution in [-0.4, -0.2) is 41.6 Å². The summed E-state index contributed by atoms with van der Waals surface area (Å²) >= 11 is 0. The number of fused-ring (bicyclic) bond motifs is 6. The molecule has 0 bridgehead atoms. The van der Waals surface area contributed by atoms with Crippen molar-refractivity contribution in [2.24, 2.45) is 5.92 Å². The highest BCUT2D eigenvalue weighted by Crippen LogP contribution is 2.62. The molecule has 7 heteroatoms. The molecule has 4 atom stereocenters. The standard InChI is InChI=1S/C37H32N2O5/c1-22(2)44-26-17-15-24(16-18-26)33(40)31-32(34(41)25-10-8-11-27(21-25)43-3)39-20-19-23-9-4-5-12-28(23)35(39)37(31)29-13-6-7-14-30(29)38-36(37)42/h4-22,31-32,35H,1-3H3,(H,38,42)/t31-,32-,35-,37-/m1/s1. The van der Waals surface area contributed by atoms with Gasteiger partial charge in [0.2, 0.25) is 5.91 Å². The number of ketones is 2. The highest BCUT2D eigenvalue weighted by molar-refractivity contribution is 6.16. The summed E-state index contributed by atoms with van der Waals surface area (Å²) in [5.74, 6) is -0.716. The van der Waals surface area contributed by atoms with E-state index in [-0.39, 0.29) is 23.6 Å². The van der Waals surface area contributed by atoms with E-state index in [0.717, 1.165) is 11.1 Å². The number of ether oxygens (including phenoxy) is 2. The highest BCUT2D eigenvalue weighted by atomic mass is 16.5. The summed E-state index contributed by atoms with van der Waals surface area (Å²) < 4.78 is 11.3. The SMILES string of the molecule is COc1cccc(C(=O)[C@H]2[C@H](C(=O)c3ccc(OC(C)C)cc3)[C@@]3(C(=O)Nc4ccccc43)[C@H]3c4ccccc4C=CN23)c1. The highest BCUT2D eigenvalue weighted by Gasteiger charge is 2.70. The zero-order chi connectivity index (χ0) is 30.6. The molecule has 4 aromatic rings. The molecule has 3 aliphatic rings. The smallest absolute Gasteiger partial charge is 0.238 e. The number of Topliss-reactive ketones (excluding diaryl/α,β-unsaturated/α-hetero) is 2. The summed E-state index contributed by atoms with van der Waals surface area (Å²) in [6.45, 7) is 3.88. The Morgan fingerprint density at radius 1 is 0.841 bits per heavy atom. The van der Waals surface area contributed by atoms with Gasteiger partial charge in [0.25, 0.3) is 0 Å². The number of rotatable bonds is 7. The fourth-order valence-electron chi connectivity index (χ4n) is 7.26. The van der Waals surface area contributed by atoms with Crippen LogP contribution in [-0.2, 0) is 10.2 Å². The molecule has 4 aromatic carbocycles. The maximum absolute atomic E-state index is 15.0. The summed E-state index contributed by atoms with van der Waals surface area (Å²) in [4.78, 5) is 46.2. The fourth-order valence-corrected chi connectivity index (χ4v) is 7.26. The molecule has 3 heterocycles. The molecule has 3 aliphatic heterocycles. The summed E-state index contributed by atoms with van der Waals surface area (Å²) in [5, 5.41) is 3.09. The lowest BCUT2D eigenvalue weighted by atomic mass is 9.62. The summed E-state index contributed by atoms with van der Waals surface area (Å²) in [6, 6.07) is 27.7. The number of anilines is 1. The summed E-state index contributed by atoms with van der Waals surface area (Å²) in [7, 11) is 1.55. The van der Waals surface area contributed by atoms with Crippen LogP contribution >= 0.6 is 0 Å². The van der Waals surface area contributed by atoms with Crippen molar-refractivity contribution in [2.75, 3.05) is 12.4 Å². The van der Waals surface area contributed by atoms with Crippen LogP contribution in [0.2, 0.25) is 0 Å². The molecule has 7 nitrogen and oxygen atoms in total. The molecule has 1 spiro atoms. The maximum atomic E-state index is 15.0. The Morgan fingerprint density at radius 2 is 1.59 bits per heavy atom. The predicted molar refractivity (Wildman–Crippen MR) is 168 cm³/mol. The van der Waals surface area contributed by atoms with Gasteiger partial charge < -0.3 is 19.7 Å². The first kappa shape index (κ1) is 27.7. The van der Waals surface area contributed by atoms with Gasteiger partial charge >= 0.3 is 0 Å². The zero-order valence-electron chi connectivity index (χ0n) is 24.7. The lowest BCUT2D eigenvalue weighted by Gasteiger charge is -2.38. The number of carbonyl (C=O) groups excluding carboxylic acids is 3. The fraction of sp³-hybridized carbons (Fsp3) is 0.216. The van der Waals surface area contributed by atoms with Crippen molar-refractivity contribution in [3.05, 3.63) is 131 Å². The van der Waals surface area contributed by atoms with Crippen LogP contribution in [0.5, 0.6) is 11.5 Å². The Hall–Kier alpha value is -5.17. The molecule has 0 unspecified atom stereocenters. The number of benzene rings is 4. The Bertz CT molecular complexity index is 1830. The molecule has 0 saturated carbocycles. The minimum Gasteiger partial charge on any atom is -0.497 e. The van der Waals surface area contributed by atoms with Gasteiger partial charge in [0, 0.05) is 23.0 Å². The van der Waals surface area contributed by atoms with Crippen LogP contribution in [0.25, 0.3) is 6.08 Å². The van der Waals surface area contributed by atoms with Gasteiger partial charge in [-0.15, -0.1) is 0 Å². The van der Waals surface area contributed by atoms with Crippen molar-refractivity contribution in [1.82, 2.24) is 4.90 Å². The van der Waals surface area contributed by atoms with Crippen LogP contribution in [0.1, 0.15) is 57.3 Å². The Morgan fingerprint density at radius 3 is 2.36 bits per heavy atom. The largest absolute Gasteiger partial charge is 0.497 e. The van der Waals surface area contributed by atoms with Gasteiger partial charge in [-0.3, -0.25) is 14.4 Å². The number of para-hydroxylation sites is 1. The predicted octanol–water partition coefficient (Wildman–Crippen LogP) is 6.46. The molecule has 1 fully saturated rings. The number of amides is 1. The molecular formula is C37H32N2O5. The van der Waals surface area contributed by atoms with Gasteiger partial charge in [-0.1, -0.05) is 54.6 Å². The monoisotopic (exact) mass is 584 g/mol. The van der Waals surface area contributed by atoms with E-state index in [1.807, 2.05) is 79.6 Å².